The number of carbonyl (C=O) groups is 1. The lowest BCUT2D eigenvalue weighted by molar-refractivity contribution is -0.116. The molecule has 172 valence electrons. The summed E-state index contributed by atoms with van der Waals surface area (Å²) >= 11 is 1.32. The van der Waals surface area contributed by atoms with Crippen molar-refractivity contribution in [3.8, 4) is 0 Å². The van der Waals surface area contributed by atoms with Gasteiger partial charge in [0.2, 0.25) is 5.91 Å². The lowest BCUT2D eigenvalue weighted by atomic mass is 10.2. The van der Waals surface area contributed by atoms with Gasteiger partial charge in [-0.1, -0.05) is 26.7 Å². The summed E-state index contributed by atoms with van der Waals surface area (Å²) < 4.78 is 16.6. The molecule has 1 amide bonds. The molecule has 0 unspecified atom stereocenters. The molecular weight excluding hydrogens is 445 g/mol. The van der Waals surface area contributed by atoms with E-state index in [0.29, 0.717) is 27.9 Å². The fourth-order valence-corrected chi connectivity index (χ4v) is 5.09. The quantitative estimate of drug-likeness (QED) is 0.445. The number of rotatable bonds is 6. The molecule has 1 aliphatic rings. The van der Waals surface area contributed by atoms with E-state index in [1.165, 1.54) is 40.8 Å². The van der Waals surface area contributed by atoms with E-state index < -0.39 is 5.82 Å². The third-order valence-electron chi connectivity index (χ3n) is 5.73. The fraction of sp³-hybridized carbons (Fsp3) is 0.409. The van der Waals surface area contributed by atoms with Gasteiger partial charge in [0.25, 0.3) is 5.56 Å². The molecular formula is C22H24FN7O2S. The molecule has 0 spiro atoms. The third kappa shape index (κ3) is 4.20. The van der Waals surface area contributed by atoms with Gasteiger partial charge in [0.1, 0.15) is 28.5 Å². The van der Waals surface area contributed by atoms with E-state index in [1.54, 1.807) is 10.6 Å². The number of pyridine rings is 1. The zero-order valence-corrected chi connectivity index (χ0v) is 19.2. The minimum Gasteiger partial charge on any atom is -0.366 e. The number of nitrogens with one attached hydrogen (secondary N) is 2. The van der Waals surface area contributed by atoms with Crippen LogP contribution >= 0.6 is 11.3 Å². The van der Waals surface area contributed by atoms with Gasteiger partial charge in [-0.3, -0.25) is 14.2 Å². The van der Waals surface area contributed by atoms with Gasteiger partial charge in [0.05, 0.1) is 11.2 Å². The average molecular weight is 470 g/mol. The number of anilines is 2. The number of nitrogens with zero attached hydrogens (tertiary/aromatic N) is 5. The van der Waals surface area contributed by atoms with Gasteiger partial charge >= 0.3 is 0 Å². The number of halogens is 1. The van der Waals surface area contributed by atoms with Crippen molar-refractivity contribution in [2.75, 3.05) is 10.6 Å². The summed E-state index contributed by atoms with van der Waals surface area (Å²) in [5.74, 6) is 0.135. The van der Waals surface area contributed by atoms with Crippen molar-refractivity contribution in [1.82, 2.24) is 24.1 Å². The molecule has 0 bridgehead atoms. The largest absolute Gasteiger partial charge is 0.366 e. The van der Waals surface area contributed by atoms with Gasteiger partial charge in [-0.05, 0) is 25.0 Å². The summed E-state index contributed by atoms with van der Waals surface area (Å²) in [6.07, 6.45) is 5.53. The van der Waals surface area contributed by atoms with Gasteiger partial charge in [-0.15, -0.1) is 16.4 Å². The number of fused-ring (bicyclic) bond motifs is 2. The Balaban J connectivity index is 1.57. The maximum atomic E-state index is 13.2. The van der Waals surface area contributed by atoms with Crippen LogP contribution in [-0.4, -0.2) is 36.1 Å². The molecule has 0 aromatic carbocycles. The topological polar surface area (TPSA) is 106 Å². The van der Waals surface area contributed by atoms with E-state index >= 15 is 0 Å². The van der Waals surface area contributed by atoms with Crippen LogP contribution in [-0.2, 0) is 11.3 Å². The molecule has 1 fully saturated rings. The Bertz CT molecular complexity index is 1380. The van der Waals surface area contributed by atoms with Crippen LogP contribution in [0.2, 0.25) is 0 Å². The zero-order chi connectivity index (χ0) is 23.1. The number of amides is 1. The van der Waals surface area contributed by atoms with Gasteiger partial charge in [0, 0.05) is 18.0 Å². The second-order valence-electron chi connectivity index (χ2n) is 8.59. The predicted molar refractivity (Wildman–Crippen MR) is 125 cm³/mol. The van der Waals surface area contributed by atoms with Crippen LogP contribution < -0.4 is 16.2 Å². The Labute approximate surface area is 192 Å². The van der Waals surface area contributed by atoms with Crippen LogP contribution in [0.3, 0.4) is 0 Å². The van der Waals surface area contributed by atoms with Crippen molar-refractivity contribution in [2.45, 2.75) is 58.0 Å². The van der Waals surface area contributed by atoms with Crippen LogP contribution in [0.25, 0.3) is 16.0 Å². The minimum atomic E-state index is -0.484. The first-order valence-electron chi connectivity index (χ1n) is 11.0. The Morgan fingerprint density at radius 1 is 1.27 bits per heavy atom. The van der Waals surface area contributed by atoms with Crippen LogP contribution in [0.4, 0.5) is 16.0 Å². The highest BCUT2D eigenvalue weighted by Gasteiger charge is 2.22. The summed E-state index contributed by atoms with van der Waals surface area (Å²) in [6.45, 7) is 3.91. The van der Waals surface area contributed by atoms with Crippen molar-refractivity contribution in [3.05, 3.63) is 45.6 Å². The number of thiazole rings is 1. The molecule has 4 heterocycles. The third-order valence-corrected chi connectivity index (χ3v) is 7.07. The van der Waals surface area contributed by atoms with Crippen LogP contribution in [0.1, 0.15) is 50.5 Å². The highest BCUT2D eigenvalue weighted by Crippen LogP contribution is 2.27. The summed E-state index contributed by atoms with van der Waals surface area (Å²) in [6, 6.07) is 4.74. The number of carbonyl (C=O) groups excluding carboxylic acids is 1. The molecule has 0 saturated heterocycles. The Hall–Kier alpha value is -3.34. The van der Waals surface area contributed by atoms with Gasteiger partial charge in [0.15, 0.2) is 11.5 Å². The average Bonchev–Trinajstić information content (AvgIpc) is 3.53. The number of hydrogen-bond acceptors (Lipinski definition) is 7. The lowest BCUT2D eigenvalue weighted by Gasteiger charge is -2.10. The molecule has 5 rings (SSSR count). The maximum Gasteiger partial charge on any atom is 0.294 e. The van der Waals surface area contributed by atoms with Crippen molar-refractivity contribution in [2.24, 2.45) is 0 Å². The summed E-state index contributed by atoms with van der Waals surface area (Å²) in [5, 5.41) is 11.4. The summed E-state index contributed by atoms with van der Waals surface area (Å²) in [4.78, 5) is 34.6. The van der Waals surface area contributed by atoms with Gasteiger partial charge in [-0.25, -0.2) is 14.4 Å². The monoisotopic (exact) mass is 469 g/mol. The normalized spacial score (nSPS) is 14.5. The second-order valence-corrected chi connectivity index (χ2v) is 9.62. The van der Waals surface area contributed by atoms with Gasteiger partial charge in [-0.2, -0.15) is 4.52 Å². The van der Waals surface area contributed by atoms with E-state index in [-0.39, 0.29) is 29.7 Å². The highest BCUT2D eigenvalue weighted by molar-refractivity contribution is 7.18. The standard InChI is InChI=1S/C22H24FN7O2S/c1-12(2)21-27-20-19(33-21)22(32)30-18(9-16(28-30)25-14-5-3-4-6-14)29(20)11-17(31)26-15-8-7-13(23)10-24-15/h7-10,12,14H,3-6,11H2,1-2H3,(H,25,28)(H,24,26,31). The van der Waals surface area contributed by atoms with E-state index in [2.05, 4.69) is 25.7 Å². The fourth-order valence-electron chi connectivity index (χ4n) is 4.10. The first-order chi connectivity index (χ1) is 15.9. The SMILES string of the molecule is CC(C)c1nc2c(s1)c(=O)n1nc(NC3CCCC3)cc1n2CC(=O)Nc1ccc(F)cn1. The molecule has 0 aliphatic heterocycles. The van der Waals surface area contributed by atoms with Crippen LogP contribution in [0.15, 0.2) is 29.2 Å². The summed E-state index contributed by atoms with van der Waals surface area (Å²) in [7, 11) is 0. The molecule has 33 heavy (non-hydrogen) atoms. The van der Waals surface area contributed by atoms with E-state index in [4.69, 9.17) is 0 Å². The van der Waals surface area contributed by atoms with E-state index in [0.717, 1.165) is 24.0 Å². The van der Waals surface area contributed by atoms with E-state index in [1.807, 2.05) is 13.8 Å². The Kier molecular flexibility index (Phi) is 5.57. The Morgan fingerprint density at radius 3 is 2.76 bits per heavy atom. The molecule has 1 aliphatic carbocycles. The second kappa shape index (κ2) is 8.54. The molecule has 11 heteroatoms. The minimum absolute atomic E-state index is 0.102. The smallest absolute Gasteiger partial charge is 0.294 e. The van der Waals surface area contributed by atoms with Crippen molar-refractivity contribution in [3.63, 3.8) is 0 Å². The van der Waals surface area contributed by atoms with Crippen LogP contribution in [0.5, 0.6) is 0 Å². The number of hydrogen-bond donors (Lipinski definition) is 2. The molecule has 1 saturated carbocycles. The molecule has 4 aromatic heterocycles. The number of aromatic nitrogens is 5. The van der Waals surface area contributed by atoms with Crippen molar-refractivity contribution >= 4 is 44.9 Å². The predicted octanol–water partition coefficient (Wildman–Crippen LogP) is 3.76. The summed E-state index contributed by atoms with van der Waals surface area (Å²) in [5.41, 5.74) is 0.687. The zero-order valence-electron chi connectivity index (χ0n) is 18.3. The van der Waals surface area contributed by atoms with E-state index in [9.17, 15) is 14.0 Å². The molecule has 2 N–H and O–H groups in total. The molecule has 4 aromatic rings. The van der Waals surface area contributed by atoms with Crippen molar-refractivity contribution in [1.29, 1.82) is 0 Å². The van der Waals surface area contributed by atoms with Gasteiger partial charge < -0.3 is 10.6 Å². The maximum absolute atomic E-state index is 13.2. The molecule has 9 nitrogen and oxygen atoms in total. The van der Waals surface area contributed by atoms with Crippen LogP contribution in [0, 0.1) is 5.82 Å². The highest BCUT2D eigenvalue weighted by atomic mass is 32.1. The Morgan fingerprint density at radius 2 is 2.06 bits per heavy atom. The lowest BCUT2D eigenvalue weighted by Crippen LogP contribution is -2.24. The first-order valence-corrected chi connectivity index (χ1v) is 11.8. The molecule has 0 atom stereocenters. The molecule has 0 radical (unpaired) electrons. The van der Waals surface area contributed by atoms with Crippen molar-refractivity contribution < 1.29 is 9.18 Å². The first kappa shape index (κ1) is 21.5.